The Kier molecular flexibility index (Phi) is 4.28. The van der Waals surface area contributed by atoms with Crippen LogP contribution in [0.5, 0.6) is 5.75 Å². The van der Waals surface area contributed by atoms with Crippen LogP contribution in [0.25, 0.3) is 0 Å². The quantitative estimate of drug-likeness (QED) is 0.926. The van der Waals surface area contributed by atoms with Gasteiger partial charge in [0, 0.05) is 6.54 Å². The molecule has 0 saturated carbocycles. The summed E-state index contributed by atoms with van der Waals surface area (Å²) < 4.78 is 5.77. The van der Waals surface area contributed by atoms with Gasteiger partial charge in [0.15, 0.2) is 10.9 Å². The summed E-state index contributed by atoms with van der Waals surface area (Å²) in [7, 11) is 0. The third kappa shape index (κ3) is 2.68. The number of hydrogen-bond donors (Lipinski definition) is 1. The number of aliphatic hydroxyl groups is 1. The molecule has 1 fully saturated rings. The van der Waals surface area contributed by atoms with Gasteiger partial charge in [0.25, 0.3) is 0 Å². The van der Waals surface area contributed by atoms with Gasteiger partial charge in [-0.15, -0.1) is 12.4 Å². The van der Waals surface area contributed by atoms with Crippen LogP contribution < -0.4 is 4.74 Å². The fourth-order valence-corrected chi connectivity index (χ4v) is 3.42. The van der Waals surface area contributed by atoms with Gasteiger partial charge in [0.2, 0.25) is 0 Å². The molecule has 0 aromatic heterocycles. The molecule has 1 N–H and O–H groups in total. The standard InChI is InChI=1S/C13H16N2O2S.ClH/c1-10-4-2-3-5-11(10)17-8-13(16)9-18-12-14-6-7-15(12)13;/h2-5,16H,6-9H2,1H3;1H. The molecule has 0 bridgehead atoms. The fraction of sp³-hybridized carbons (Fsp3) is 0.462. The summed E-state index contributed by atoms with van der Waals surface area (Å²) >= 11 is 1.61. The minimum atomic E-state index is -0.914. The second-order valence-electron chi connectivity index (χ2n) is 4.64. The lowest BCUT2D eigenvalue weighted by molar-refractivity contribution is -0.0695. The molecule has 1 aromatic rings. The van der Waals surface area contributed by atoms with Gasteiger partial charge in [-0.25, -0.2) is 0 Å². The number of benzene rings is 1. The van der Waals surface area contributed by atoms with Crippen LogP contribution in [0.2, 0.25) is 0 Å². The maximum atomic E-state index is 10.6. The highest BCUT2D eigenvalue weighted by Gasteiger charge is 2.45. The summed E-state index contributed by atoms with van der Waals surface area (Å²) in [5, 5.41) is 11.6. The first-order chi connectivity index (χ1) is 8.69. The molecule has 1 saturated heterocycles. The predicted molar refractivity (Wildman–Crippen MR) is 80.3 cm³/mol. The van der Waals surface area contributed by atoms with Crippen molar-refractivity contribution in [3.05, 3.63) is 29.8 Å². The topological polar surface area (TPSA) is 45.1 Å². The highest BCUT2D eigenvalue weighted by atomic mass is 35.5. The molecule has 104 valence electrons. The molecule has 1 unspecified atom stereocenters. The number of aliphatic imine (C=N–C) groups is 1. The van der Waals surface area contributed by atoms with Crippen LogP contribution >= 0.6 is 24.2 Å². The average molecular weight is 301 g/mol. The van der Waals surface area contributed by atoms with Crippen LogP contribution in [0.3, 0.4) is 0 Å². The van der Waals surface area contributed by atoms with Crippen molar-refractivity contribution >= 4 is 29.3 Å². The monoisotopic (exact) mass is 300 g/mol. The smallest absolute Gasteiger partial charge is 0.184 e. The number of nitrogens with zero attached hydrogens (tertiary/aromatic N) is 2. The third-order valence-corrected chi connectivity index (χ3v) is 4.50. The van der Waals surface area contributed by atoms with Crippen LogP contribution in [0, 0.1) is 6.92 Å². The van der Waals surface area contributed by atoms with Crippen LogP contribution in [-0.2, 0) is 0 Å². The van der Waals surface area contributed by atoms with E-state index in [1.54, 1.807) is 11.8 Å². The van der Waals surface area contributed by atoms with Gasteiger partial charge < -0.3 is 14.7 Å². The molecule has 4 nitrogen and oxygen atoms in total. The molecule has 0 amide bonds. The highest BCUT2D eigenvalue weighted by molar-refractivity contribution is 8.14. The zero-order valence-corrected chi connectivity index (χ0v) is 12.3. The minimum absolute atomic E-state index is 0. The average Bonchev–Trinajstić information content (AvgIpc) is 2.94. The van der Waals surface area contributed by atoms with Crippen LogP contribution in [0.15, 0.2) is 29.3 Å². The third-order valence-electron chi connectivity index (χ3n) is 3.29. The highest BCUT2D eigenvalue weighted by Crippen LogP contribution is 2.34. The molecule has 3 rings (SSSR count). The van der Waals surface area contributed by atoms with Crippen molar-refractivity contribution < 1.29 is 9.84 Å². The number of para-hydroxylation sites is 1. The molecule has 1 atom stereocenters. The normalized spacial score (nSPS) is 24.7. The molecule has 6 heteroatoms. The minimum Gasteiger partial charge on any atom is -0.488 e. The van der Waals surface area contributed by atoms with Gasteiger partial charge in [0.05, 0.1) is 12.3 Å². The van der Waals surface area contributed by atoms with E-state index in [2.05, 4.69) is 4.99 Å². The Labute approximate surface area is 123 Å². The number of amidine groups is 1. The molecule has 2 aliphatic heterocycles. The molecular formula is C13H17ClN2O2S. The SMILES string of the molecule is Cc1ccccc1OCC1(O)CSC2=NCCN21.Cl. The number of halogens is 1. The van der Waals surface area contributed by atoms with Crippen molar-refractivity contribution in [1.29, 1.82) is 0 Å². The first kappa shape index (κ1) is 14.5. The Balaban J connectivity index is 0.00000133. The van der Waals surface area contributed by atoms with Crippen molar-refractivity contribution in [2.75, 3.05) is 25.4 Å². The van der Waals surface area contributed by atoms with Gasteiger partial charge in [-0.05, 0) is 18.6 Å². The molecule has 0 radical (unpaired) electrons. The van der Waals surface area contributed by atoms with Crippen molar-refractivity contribution in [3.63, 3.8) is 0 Å². The zero-order chi connectivity index (χ0) is 12.6. The van der Waals surface area contributed by atoms with E-state index in [0.717, 1.165) is 29.6 Å². The van der Waals surface area contributed by atoms with E-state index in [4.69, 9.17) is 4.74 Å². The van der Waals surface area contributed by atoms with E-state index in [0.29, 0.717) is 5.75 Å². The van der Waals surface area contributed by atoms with Crippen LogP contribution in [-0.4, -0.2) is 46.3 Å². The largest absolute Gasteiger partial charge is 0.488 e. The number of thioether (sulfide) groups is 1. The number of ether oxygens (including phenoxy) is 1. The maximum Gasteiger partial charge on any atom is 0.184 e. The van der Waals surface area contributed by atoms with Gasteiger partial charge >= 0.3 is 0 Å². The summed E-state index contributed by atoms with van der Waals surface area (Å²) in [4.78, 5) is 6.31. The lowest BCUT2D eigenvalue weighted by Crippen LogP contribution is -2.51. The van der Waals surface area contributed by atoms with E-state index in [9.17, 15) is 5.11 Å². The first-order valence-corrected chi connectivity index (χ1v) is 7.03. The van der Waals surface area contributed by atoms with Gasteiger partial charge in [-0.2, -0.15) is 0 Å². The predicted octanol–water partition coefficient (Wildman–Crippen LogP) is 1.90. The van der Waals surface area contributed by atoms with Crippen molar-refractivity contribution in [2.24, 2.45) is 4.99 Å². The lowest BCUT2D eigenvalue weighted by atomic mass is 10.2. The van der Waals surface area contributed by atoms with E-state index in [1.807, 2.05) is 36.1 Å². The molecule has 0 aliphatic carbocycles. The Morgan fingerprint density at radius 3 is 3.05 bits per heavy atom. The van der Waals surface area contributed by atoms with E-state index in [1.165, 1.54) is 0 Å². The molecule has 2 heterocycles. The Bertz CT molecular complexity index is 497. The number of rotatable bonds is 3. The summed E-state index contributed by atoms with van der Waals surface area (Å²) in [6.45, 7) is 3.85. The van der Waals surface area contributed by atoms with E-state index in [-0.39, 0.29) is 19.0 Å². The second-order valence-corrected chi connectivity index (χ2v) is 5.58. The molecule has 2 aliphatic rings. The fourth-order valence-electron chi connectivity index (χ4n) is 2.23. The summed E-state index contributed by atoms with van der Waals surface area (Å²) in [6.07, 6.45) is 0. The van der Waals surface area contributed by atoms with Crippen molar-refractivity contribution in [3.8, 4) is 5.75 Å². The van der Waals surface area contributed by atoms with Gasteiger partial charge in [-0.3, -0.25) is 4.99 Å². The van der Waals surface area contributed by atoms with Crippen molar-refractivity contribution in [2.45, 2.75) is 12.6 Å². The molecule has 0 spiro atoms. The Morgan fingerprint density at radius 1 is 1.47 bits per heavy atom. The van der Waals surface area contributed by atoms with Gasteiger partial charge in [-0.1, -0.05) is 30.0 Å². The van der Waals surface area contributed by atoms with E-state index >= 15 is 0 Å². The summed E-state index contributed by atoms with van der Waals surface area (Å²) in [6, 6.07) is 7.86. The molecular weight excluding hydrogens is 284 g/mol. The number of hydrogen-bond acceptors (Lipinski definition) is 5. The Hall–Kier alpha value is -0.910. The van der Waals surface area contributed by atoms with Gasteiger partial charge in [0.1, 0.15) is 12.4 Å². The van der Waals surface area contributed by atoms with Crippen LogP contribution in [0.1, 0.15) is 5.56 Å². The lowest BCUT2D eigenvalue weighted by Gasteiger charge is -2.31. The first-order valence-electron chi connectivity index (χ1n) is 6.05. The van der Waals surface area contributed by atoms with E-state index < -0.39 is 5.72 Å². The Morgan fingerprint density at radius 2 is 2.26 bits per heavy atom. The second kappa shape index (κ2) is 5.61. The molecule has 19 heavy (non-hydrogen) atoms. The molecule has 1 aromatic carbocycles. The summed E-state index contributed by atoms with van der Waals surface area (Å²) in [5.41, 5.74) is 0.171. The van der Waals surface area contributed by atoms with Crippen LogP contribution in [0.4, 0.5) is 0 Å². The van der Waals surface area contributed by atoms with Crippen molar-refractivity contribution in [1.82, 2.24) is 4.90 Å². The number of aryl methyl sites for hydroxylation is 1. The number of fused-ring (bicyclic) bond motifs is 1. The zero-order valence-electron chi connectivity index (χ0n) is 10.7. The maximum absolute atomic E-state index is 10.6. The summed E-state index contributed by atoms with van der Waals surface area (Å²) in [5.74, 6) is 1.46.